The van der Waals surface area contributed by atoms with Crippen molar-refractivity contribution >= 4 is 103 Å². The molecule has 0 saturated carbocycles. The van der Waals surface area contributed by atoms with E-state index in [2.05, 4.69) is 0 Å². The molecule has 0 aliphatic heterocycles. The molecule has 0 saturated heterocycles. The average molecular weight is 290 g/mol. The molecule has 0 amide bonds. The zero-order valence-corrected chi connectivity index (χ0v) is 15.4. The van der Waals surface area contributed by atoms with Crippen LogP contribution in [0.25, 0.3) is 0 Å². The van der Waals surface area contributed by atoms with Gasteiger partial charge in [0.2, 0.25) is 0 Å². The molecule has 0 atom stereocenters. The van der Waals surface area contributed by atoms with Gasteiger partial charge in [0.25, 0.3) is 0 Å². The van der Waals surface area contributed by atoms with Gasteiger partial charge >= 0.3 is 17.1 Å². The van der Waals surface area contributed by atoms with Crippen molar-refractivity contribution in [1.29, 1.82) is 31.6 Å². The van der Waals surface area contributed by atoms with Crippen LogP contribution in [-0.2, 0) is 17.1 Å². The van der Waals surface area contributed by atoms with Crippen LogP contribution in [0.3, 0.4) is 0 Å². The fourth-order valence-electron chi connectivity index (χ4n) is 0. The van der Waals surface area contributed by atoms with Gasteiger partial charge in [0.05, 0.1) is 0 Å². The largest absolute Gasteiger partial charge is 6.00 e. The van der Waals surface area contributed by atoms with Crippen molar-refractivity contribution in [3.05, 3.63) is 39.4 Å². The summed E-state index contributed by atoms with van der Waals surface area (Å²) >= 11 is 0. The van der Waals surface area contributed by atoms with Crippen LogP contribution in [0.15, 0.2) is 0 Å². The first kappa shape index (κ1) is 75.3. The average Bonchev–Trinajstić information content (AvgIpc) is 2.33. The van der Waals surface area contributed by atoms with E-state index >= 15 is 0 Å². The molecule has 0 aromatic rings. The second kappa shape index (κ2) is 5180. The molecule has 0 N–H and O–H groups in total. The molecule has 0 aromatic heterocycles. The Morgan fingerprint density at radius 2 is 0.333 bits per heavy atom. The van der Waals surface area contributed by atoms with Gasteiger partial charge in [-0.1, -0.05) is 0 Å². The molecule has 0 rings (SSSR count). The van der Waals surface area contributed by atoms with Gasteiger partial charge in [0.15, 0.2) is 0 Å². The summed E-state index contributed by atoms with van der Waals surface area (Å²) in [6.07, 6.45) is 0. The maximum absolute atomic E-state index is 6.25. The van der Waals surface area contributed by atoms with E-state index < -0.39 is 0 Å². The van der Waals surface area contributed by atoms with Crippen molar-refractivity contribution in [1.82, 2.24) is 0 Å². The molecule has 0 spiro atoms. The Hall–Kier alpha value is 0.732. The fourth-order valence-corrected chi connectivity index (χ4v) is 0. The van der Waals surface area contributed by atoms with Crippen molar-refractivity contribution in [3.8, 4) is 0 Å². The van der Waals surface area contributed by atoms with Crippen molar-refractivity contribution in [2.75, 3.05) is 0 Å². The quantitative estimate of drug-likeness (QED) is 0.447. The smallest absolute Gasteiger partial charge is 0.512 e. The molecule has 64 valence electrons. The Morgan fingerprint density at radius 1 is 0.333 bits per heavy atom. The zero-order valence-electron chi connectivity index (χ0n) is 8.04. The minimum Gasteiger partial charge on any atom is -0.512 e. The molecule has 15 heavy (non-hydrogen) atoms. The maximum Gasteiger partial charge on any atom is 6.00 e. The number of rotatable bonds is 0. The second-order valence-electron chi connectivity index (χ2n) is 0. The van der Waals surface area contributed by atoms with Crippen molar-refractivity contribution < 1.29 is 17.1 Å². The van der Waals surface area contributed by atoms with Gasteiger partial charge in [-0.2, -0.15) is 0 Å². The van der Waals surface area contributed by atoms with Gasteiger partial charge in [0.1, 0.15) is 0 Å². The summed E-state index contributed by atoms with van der Waals surface area (Å²) in [5.74, 6) is 0. The Morgan fingerprint density at radius 3 is 0.333 bits per heavy atom. The van der Waals surface area contributed by atoms with Crippen LogP contribution in [0.4, 0.5) is 0 Å². The normalized spacial score (nSPS) is 0.800. The van der Waals surface area contributed by atoms with Crippen molar-refractivity contribution in [2.24, 2.45) is 0 Å². The van der Waals surface area contributed by atoms with E-state index in [0.29, 0.717) is 0 Å². The molecule has 6 nitrogen and oxygen atoms in total. The van der Waals surface area contributed by atoms with E-state index in [1.165, 1.54) is 0 Å². The second-order valence-corrected chi connectivity index (χ2v) is 0. The topological polar surface area (TPSA) is 143 Å². The van der Waals surface area contributed by atoms with Crippen molar-refractivity contribution in [2.45, 2.75) is 0 Å². The first-order valence-corrected chi connectivity index (χ1v) is 1.34. The summed E-state index contributed by atoms with van der Waals surface area (Å²) in [5.41, 5.74) is 0. The Labute approximate surface area is 186 Å². The molecule has 0 aliphatic rings. The summed E-state index contributed by atoms with van der Waals surface area (Å²) in [6, 6.07) is 0. The maximum atomic E-state index is 6.25. The Kier molecular flexibility index (Phi) is 26000. The summed E-state index contributed by atoms with van der Waals surface area (Å²) in [4.78, 5) is 0. The van der Waals surface area contributed by atoms with Gasteiger partial charge in [0, 0.05) is 103 Å². The van der Waals surface area contributed by atoms with E-state index in [9.17, 15) is 0 Å². The minimum atomic E-state index is 0. The molecule has 0 fully saturated rings. The van der Waals surface area contributed by atoms with E-state index in [4.69, 9.17) is 71.0 Å². The summed E-state index contributed by atoms with van der Waals surface area (Å²) < 4.78 is 0. The molecule has 0 aromatic carbocycles. The van der Waals surface area contributed by atoms with Gasteiger partial charge in [-0.15, -0.1) is 0 Å². The van der Waals surface area contributed by atoms with Crippen LogP contribution in [0.1, 0.15) is 0 Å². The van der Waals surface area contributed by atoms with Crippen LogP contribution < -0.4 is 0 Å². The standard InChI is InChI=1S/6CN.Fe.2K/c6*1-2;;;/q6*-1;+6;;. The Bertz CT molecular complexity index is 101. The fraction of sp³-hybridized carbons (Fsp3) is 0. The number of hydrogen-bond acceptors (Lipinski definition) is 6. The number of nitrogens with zero attached hydrogens (tertiary/aromatic N) is 6. The first-order valence-electron chi connectivity index (χ1n) is 1.34. The van der Waals surface area contributed by atoms with E-state index in [0.717, 1.165) is 0 Å². The van der Waals surface area contributed by atoms with E-state index in [-0.39, 0.29) is 120 Å². The SMILES string of the molecule is [C-]#N.[C-]#N.[C-]#N.[C-]#N.[C-]#N.[C-]#N.[Fe+6].[K].[K]. The van der Waals surface area contributed by atoms with Crippen LogP contribution in [-0.4, -0.2) is 103 Å². The summed E-state index contributed by atoms with van der Waals surface area (Å²) in [7, 11) is 0. The van der Waals surface area contributed by atoms with Gasteiger partial charge in [-0.25, -0.2) is 0 Å². The zero-order chi connectivity index (χ0) is 12.0. The summed E-state index contributed by atoms with van der Waals surface area (Å²) in [5, 5.41) is 37.5. The van der Waals surface area contributed by atoms with Crippen LogP contribution in [0, 0.1) is 71.0 Å². The third kappa shape index (κ3) is 4450. The van der Waals surface area contributed by atoms with E-state index in [1.54, 1.807) is 0 Å². The van der Waals surface area contributed by atoms with Crippen molar-refractivity contribution in [3.63, 3.8) is 0 Å². The molecule has 2 radical (unpaired) electrons. The third-order valence-corrected chi connectivity index (χ3v) is 0. The monoisotopic (exact) mass is 290 g/mol. The predicted molar refractivity (Wildman–Crippen MR) is 41.3 cm³/mol. The van der Waals surface area contributed by atoms with Crippen LogP contribution >= 0.6 is 0 Å². The minimum absolute atomic E-state index is 0. The summed E-state index contributed by atoms with van der Waals surface area (Å²) in [6.45, 7) is 28.5. The molecular weight excluding hydrogens is 290 g/mol. The van der Waals surface area contributed by atoms with E-state index in [1.807, 2.05) is 0 Å². The van der Waals surface area contributed by atoms with Crippen LogP contribution in [0.2, 0.25) is 0 Å². The molecule has 0 unspecified atom stereocenters. The molecule has 0 heterocycles. The molecule has 0 aliphatic carbocycles. The van der Waals surface area contributed by atoms with Crippen LogP contribution in [0.5, 0.6) is 0 Å². The number of hydrogen-bond donors (Lipinski definition) is 0. The van der Waals surface area contributed by atoms with Gasteiger partial charge in [-0.05, 0) is 0 Å². The third-order valence-electron chi connectivity index (χ3n) is 0. The molecule has 0 bridgehead atoms. The van der Waals surface area contributed by atoms with Gasteiger partial charge in [-0.3, -0.25) is 0 Å². The predicted octanol–water partition coefficient (Wildman–Crippen LogP) is -0.186. The van der Waals surface area contributed by atoms with Gasteiger partial charge < -0.3 is 71.0 Å². The molecular formula is C6FeK2N6. The Balaban J connectivity index is -0.00000000396. The first-order chi connectivity index (χ1) is 6.00. The molecule has 9 heteroatoms.